The van der Waals surface area contributed by atoms with E-state index in [1.165, 1.54) is 42.0 Å². The molecule has 1 saturated carbocycles. The van der Waals surface area contributed by atoms with Crippen molar-refractivity contribution >= 4 is 22.9 Å². The Morgan fingerprint density at radius 3 is 2.31 bits per heavy atom. The van der Waals surface area contributed by atoms with Crippen molar-refractivity contribution in [1.82, 2.24) is 4.98 Å². The van der Waals surface area contributed by atoms with Crippen LogP contribution in [-0.2, 0) is 5.41 Å². The Hall–Kier alpha value is -0.0800. The lowest BCUT2D eigenvalue weighted by Gasteiger charge is -2.20. The Kier molecular flexibility index (Phi) is 3.60. The van der Waals surface area contributed by atoms with Crippen molar-refractivity contribution in [2.75, 3.05) is 0 Å². The van der Waals surface area contributed by atoms with Gasteiger partial charge in [0.2, 0.25) is 0 Å². The van der Waals surface area contributed by atoms with Gasteiger partial charge in [-0.1, -0.05) is 51.6 Å². The fourth-order valence-electron chi connectivity index (χ4n) is 2.25. The van der Waals surface area contributed by atoms with Gasteiger partial charge in [-0.05, 0) is 18.8 Å². The quantitative estimate of drug-likeness (QED) is 0.679. The van der Waals surface area contributed by atoms with E-state index < -0.39 is 0 Å². The summed E-state index contributed by atoms with van der Waals surface area (Å²) in [5.74, 6) is 0.676. The summed E-state index contributed by atoms with van der Waals surface area (Å²) >= 11 is 8.11. The second-order valence-corrected chi connectivity index (χ2v) is 7.15. The van der Waals surface area contributed by atoms with E-state index in [-0.39, 0.29) is 5.41 Å². The molecule has 90 valence electrons. The van der Waals surface area contributed by atoms with E-state index in [9.17, 15) is 0 Å². The second kappa shape index (κ2) is 4.66. The van der Waals surface area contributed by atoms with E-state index in [2.05, 4.69) is 25.8 Å². The molecule has 3 heteroatoms. The van der Waals surface area contributed by atoms with Gasteiger partial charge in [-0.2, -0.15) is 0 Å². The lowest BCUT2D eigenvalue weighted by molar-refractivity contribution is 0.448. The minimum absolute atomic E-state index is 0.126. The molecule has 0 N–H and O–H groups in total. The summed E-state index contributed by atoms with van der Waals surface area (Å²) in [6.07, 6.45) is 6.68. The molecule has 1 fully saturated rings. The van der Waals surface area contributed by atoms with Crippen LogP contribution in [0.5, 0.6) is 0 Å². The first-order chi connectivity index (χ1) is 7.48. The predicted molar refractivity (Wildman–Crippen MR) is 71.7 cm³/mol. The first-order valence-corrected chi connectivity index (χ1v) is 7.34. The van der Waals surface area contributed by atoms with Crippen LogP contribution in [-0.4, -0.2) is 4.98 Å². The molecule has 1 nitrogen and oxygen atoms in total. The Labute approximate surface area is 107 Å². The van der Waals surface area contributed by atoms with Crippen LogP contribution in [0.1, 0.15) is 68.7 Å². The van der Waals surface area contributed by atoms with Crippen LogP contribution < -0.4 is 0 Å². The Morgan fingerprint density at radius 1 is 1.19 bits per heavy atom. The highest BCUT2D eigenvalue weighted by Crippen LogP contribution is 2.41. The third-order valence-corrected chi connectivity index (χ3v) is 5.27. The molecule has 0 unspecified atom stereocenters. The number of rotatable bonds is 1. The van der Waals surface area contributed by atoms with Crippen molar-refractivity contribution in [2.24, 2.45) is 0 Å². The van der Waals surface area contributed by atoms with Crippen molar-refractivity contribution in [3.05, 3.63) is 15.0 Å². The zero-order valence-corrected chi connectivity index (χ0v) is 11.9. The highest BCUT2D eigenvalue weighted by molar-refractivity contribution is 7.12. The number of hydrogen-bond donors (Lipinski definition) is 0. The molecule has 1 aliphatic carbocycles. The molecule has 1 aromatic heterocycles. The summed E-state index contributed by atoms with van der Waals surface area (Å²) in [7, 11) is 0. The second-order valence-electron chi connectivity index (χ2n) is 5.76. The van der Waals surface area contributed by atoms with Crippen LogP contribution in [0.3, 0.4) is 0 Å². The van der Waals surface area contributed by atoms with E-state index in [0.29, 0.717) is 5.92 Å². The molecule has 1 aliphatic rings. The van der Waals surface area contributed by atoms with Gasteiger partial charge in [0.15, 0.2) is 0 Å². The molecule has 0 amide bonds. The molecular weight excluding hydrogens is 238 g/mol. The highest BCUT2D eigenvalue weighted by atomic mass is 35.5. The number of hydrogen-bond acceptors (Lipinski definition) is 2. The van der Waals surface area contributed by atoms with Gasteiger partial charge in [0, 0.05) is 10.3 Å². The van der Waals surface area contributed by atoms with E-state index >= 15 is 0 Å². The van der Waals surface area contributed by atoms with Crippen molar-refractivity contribution in [1.29, 1.82) is 0 Å². The Bertz CT molecular complexity index is 358. The van der Waals surface area contributed by atoms with Crippen LogP contribution in [0.4, 0.5) is 0 Å². The van der Waals surface area contributed by atoms with Gasteiger partial charge in [0.05, 0.1) is 5.01 Å². The van der Waals surface area contributed by atoms with Crippen molar-refractivity contribution < 1.29 is 0 Å². The maximum atomic E-state index is 6.28. The average molecular weight is 258 g/mol. The largest absolute Gasteiger partial charge is 0.229 e. The van der Waals surface area contributed by atoms with Crippen LogP contribution >= 0.6 is 22.9 Å². The lowest BCUT2D eigenvalue weighted by atomic mass is 9.88. The number of aromatic nitrogens is 1. The van der Waals surface area contributed by atoms with Gasteiger partial charge in [-0.15, -0.1) is 11.3 Å². The summed E-state index contributed by atoms with van der Waals surface area (Å²) in [6, 6.07) is 0. The molecule has 16 heavy (non-hydrogen) atoms. The normalized spacial score (nSPS) is 19.0. The van der Waals surface area contributed by atoms with Crippen LogP contribution in [0.2, 0.25) is 5.15 Å². The molecule has 2 rings (SSSR count). The molecule has 0 aliphatic heterocycles. The third-order valence-electron chi connectivity index (χ3n) is 3.23. The van der Waals surface area contributed by atoms with Gasteiger partial charge >= 0.3 is 0 Å². The fraction of sp³-hybridized carbons (Fsp3) is 0.769. The minimum Gasteiger partial charge on any atom is -0.229 e. The third kappa shape index (κ3) is 2.60. The molecule has 0 saturated heterocycles. The van der Waals surface area contributed by atoms with Crippen molar-refractivity contribution in [3.63, 3.8) is 0 Å². The Balaban J connectivity index is 2.24. The summed E-state index contributed by atoms with van der Waals surface area (Å²) in [5.41, 5.74) is 0.126. The van der Waals surface area contributed by atoms with Crippen LogP contribution in [0.25, 0.3) is 0 Å². The average Bonchev–Trinajstić information content (AvgIpc) is 2.61. The number of halogens is 1. The molecule has 0 atom stereocenters. The first kappa shape index (κ1) is 12.4. The smallest absolute Gasteiger partial charge is 0.143 e. The highest BCUT2D eigenvalue weighted by Gasteiger charge is 2.25. The molecule has 0 spiro atoms. The summed E-state index contributed by atoms with van der Waals surface area (Å²) in [4.78, 5) is 5.88. The zero-order chi connectivity index (χ0) is 11.8. The van der Waals surface area contributed by atoms with Gasteiger partial charge in [0.1, 0.15) is 5.15 Å². The summed E-state index contributed by atoms with van der Waals surface area (Å²) in [5, 5.41) is 1.94. The number of nitrogens with zero attached hydrogens (tertiary/aromatic N) is 1. The van der Waals surface area contributed by atoms with Crippen LogP contribution in [0, 0.1) is 0 Å². The predicted octanol–water partition coefficient (Wildman–Crippen LogP) is 5.14. The maximum Gasteiger partial charge on any atom is 0.143 e. The van der Waals surface area contributed by atoms with Gasteiger partial charge in [-0.3, -0.25) is 0 Å². The van der Waals surface area contributed by atoms with Gasteiger partial charge < -0.3 is 0 Å². The first-order valence-electron chi connectivity index (χ1n) is 6.15. The molecule has 1 heterocycles. The van der Waals surface area contributed by atoms with E-state index in [1.54, 1.807) is 0 Å². The molecule has 0 bridgehead atoms. The van der Waals surface area contributed by atoms with E-state index in [0.717, 1.165) is 5.15 Å². The standard InChI is InChI=1S/C13H20ClNS/c1-13(2,3)12-15-11(14)10(16-12)9-7-5-4-6-8-9/h9H,4-8H2,1-3H3. The number of thiazole rings is 1. The van der Waals surface area contributed by atoms with Crippen LogP contribution in [0.15, 0.2) is 0 Å². The molecule has 0 aromatic carbocycles. The van der Waals surface area contributed by atoms with Gasteiger partial charge in [-0.25, -0.2) is 4.98 Å². The zero-order valence-electron chi connectivity index (χ0n) is 10.3. The molecule has 0 radical (unpaired) electrons. The maximum absolute atomic E-state index is 6.28. The topological polar surface area (TPSA) is 12.9 Å². The lowest BCUT2D eigenvalue weighted by Crippen LogP contribution is -2.09. The monoisotopic (exact) mass is 257 g/mol. The summed E-state index contributed by atoms with van der Waals surface area (Å²) < 4.78 is 0. The van der Waals surface area contributed by atoms with E-state index in [1.807, 2.05) is 11.3 Å². The molecular formula is C13H20ClNS. The Morgan fingerprint density at radius 2 is 1.81 bits per heavy atom. The molecule has 1 aromatic rings. The fourth-order valence-corrected chi connectivity index (χ4v) is 3.84. The van der Waals surface area contributed by atoms with Crippen molar-refractivity contribution in [2.45, 2.75) is 64.2 Å². The minimum atomic E-state index is 0.126. The summed E-state index contributed by atoms with van der Waals surface area (Å²) in [6.45, 7) is 6.60. The van der Waals surface area contributed by atoms with E-state index in [4.69, 9.17) is 11.6 Å². The SMILES string of the molecule is CC(C)(C)c1nc(Cl)c(C2CCCCC2)s1. The van der Waals surface area contributed by atoms with Gasteiger partial charge in [0.25, 0.3) is 0 Å². The van der Waals surface area contributed by atoms with Crippen molar-refractivity contribution in [3.8, 4) is 0 Å².